The van der Waals surface area contributed by atoms with E-state index in [9.17, 15) is 13.2 Å². The molecule has 0 radical (unpaired) electrons. The Hall–Kier alpha value is -2.54. The van der Waals surface area contributed by atoms with Gasteiger partial charge in [0.05, 0.1) is 18.6 Å². The Kier molecular flexibility index (Phi) is 5.81. The summed E-state index contributed by atoms with van der Waals surface area (Å²) in [6, 6.07) is 15.6. The van der Waals surface area contributed by atoms with Gasteiger partial charge >= 0.3 is 0 Å². The predicted molar refractivity (Wildman–Crippen MR) is 94.9 cm³/mol. The highest BCUT2D eigenvalue weighted by Gasteiger charge is 2.19. The number of anilines is 2. The summed E-state index contributed by atoms with van der Waals surface area (Å²) in [5, 5.41) is 2.67. The second-order valence-electron chi connectivity index (χ2n) is 5.15. The molecule has 0 atom stereocenters. The molecule has 0 saturated heterocycles. The van der Waals surface area contributed by atoms with Crippen molar-refractivity contribution < 1.29 is 17.9 Å². The van der Waals surface area contributed by atoms with Gasteiger partial charge in [0.2, 0.25) is 15.9 Å². The van der Waals surface area contributed by atoms with E-state index < -0.39 is 10.0 Å². The number of para-hydroxylation sites is 1. The number of amides is 1. The van der Waals surface area contributed by atoms with E-state index >= 15 is 0 Å². The fraction of sp³-hybridized carbons (Fsp3) is 0.235. The Bertz CT molecular complexity index is 774. The topological polar surface area (TPSA) is 75.7 Å². The molecule has 0 unspecified atom stereocenters. The molecule has 0 aromatic heterocycles. The van der Waals surface area contributed by atoms with Gasteiger partial charge < -0.3 is 10.1 Å². The standard InChI is InChI=1S/C17H20N2O4S/c1-19(15-6-4-3-5-7-15)24(21,22)13-12-17(20)18-14-8-10-16(23-2)11-9-14/h3-11H,12-13H2,1-2H3,(H,18,20). The molecular weight excluding hydrogens is 328 g/mol. The number of methoxy groups -OCH3 is 1. The summed E-state index contributed by atoms with van der Waals surface area (Å²) < 4.78 is 30.8. The van der Waals surface area contributed by atoms with Crippen LogP contribution in [0.5, 0.6) is 5.75 Å². The lowest BCUT2D eigenvalue weighted by atomic mass is 10.3. The van der Waals surface area contributed by atoms with Gasteiger partial charge in [0.1, 0.15) is 5.75 Å². The molecule has 2 rings (SSSR count). The average Bonchev–Trinajstić information content (AvgIpc) is 2.61. The largest absolute Gasteiger partial charge is 0.497 e. The van der Waals surface area contributed by atoms with E-state index in [0.29, 0.717) is 17.1 Å². The first-order valence-corrected chi connectivity index (χ1v) is 8.99. The summed E-state index contributed by atoms with van der Waals surface area (Å²) in [4.78, 5) is 11.9. The number of hydrogen-bond donors (Lipinski definition) is 1. The van der Waals surface area contributed by atoms with Crippen molar-refractivity contribution in [1.29, 1.82) is 0 Å². The van der Waals surface area contributed by atoms with Gasteiger partial charge in [-0.1, -0.05) is 18.2 Å². The average molecular weight is 348 g/mol. The zero-order valence-electron chi connectivity index (χ0n) is 13.6. The number of carbonyl (C=O) groups excluding carboxylic acids is 1. The Morgan fingerprint density at radius 2 is 1.71 bits per heavy atom. The second-order valence-corrected chi connectivity index (χ2v) is 7.27. The highest BCUT2D eigenvalue weighted by atomic mass is 32.2. The van der Waals surface area contributed by atoms with Crippen molar-refractivity contribution in [2.75, 3.05) is 29.5 Å². The van der Waals surface area contributed by atoms with Crippen LogP contribution in [-0.2, 0) is 14.8 Å². The van der Waals surface area contributed by atoms with E-state index in [1.165, 1.54) is 11.4 Å². The summed E-state index contributed by atoms with van der Waals surface area (Å²) >= 11 is 0. The number of sulfonamides is 1. The van der Waals surface area contributed by atoms with Gasteiger partial charge in [0.15, 0.2) is 0 Å². The number of rotatable bonds is 7. The minimum absolute atomic E-state index is 0.120. The third-order valence-corrected chi connectivity index (χ3v) is 5.26. The molecule has 0 saturated carbocycles. The quantitative estimate of drug-likeness (QED) is 0.834. The fourth-order valence-corrected chi connectivity index (χ4v) is 3.22. The molecule has 2 aromatic rings. The maximum atomic E-state index is 12.3. The van der Waals surface area contributed by atoms with E-state index in [2.05, 4.69) is 5.32 Å². The summed E-state index contributed by atoms with van der Waals surface area (Å²) in [5.41, 5.74) is 1.16. The first-order valence-electron chi connectivity index (χ1n) is 7.38. The Balaban J connectivity index is 1.92. The Morgan fingerprint density at radius 3 is 2.29 bits per heavy atom. The first-order chi connectivity index (χ1) is 11.4. The van der Waals surface area contributed by atoms with Crippen LogP contribution in [0.25, 0.3) is 0 Å². The molecule has 1 N–H and O–H groups in total. The van der Waals surface area contributed by atoms with Crippen molar-refractivity contribution in [1.82, 2.24) is 0 Å². The second kappa shape index (κ2) is 7.83. The summed E-state index contributed by atoms with van der Waals surface area (Å²) in [7, 11) is -0.523. The van der Waals surface area contributed by atoms with Crippen LogP contribution in [0.3, 0.4) is 0 Å². The van der Waals surface area contributed by atoms with Crippen molar-refractivity contribution in [2.45, 2.75) is 6.42 Å². The van der Waals surface area contributed by atoms with Gasteiger partial charge in [-0.2, -0.15) is 0 Å². The van der Waals surface area contributed by atoms with E-state index in [-0.39, 0.29) is 18.1 Å². The van der Waals surface area contributed by atoms with Gasteiger partial charge in [0, 0.05) is 19.2 Å². The highest BCUT2D eigenvalue weighted by molar-refractivity contribution is 7.92. The third kappa shape index (κ3) is 4.73. The normalized spacial score (nSPS) is 10.9. The smallest absolute Gasteiger partial charge is 0.235 e. The van der Waals surface area contributed by atoms with Crippen LogP contribution < -0.4 is 14.4 Å². The number of ether oxygens (including phenoxy) is 1. The van der Waals surface area contributed by atoms with E-state index in [4.69, 9.17) is 4.74 Å². The molecule has 6 nitrogen and oxygen atoms in total. The molecule has 128 valence electrons. The maximum Gasteiger partial charge on any atom is 0.235 e. The lowest BCUT2D eigenvalue weighted by molar-refractivity contribution is -0.115. The van der Waals surface area contributed by atoms with Crippen molar-refractivity contribution in [2.24, 2.45) is 0 Å². The van der Waals surface area contributed by atoms with E-state index in [0.717, 1.165) is 0 Å². The van der Waals surface area contributed by atoms with Crippen molar-refractivity contribution in [3.8, 4) is 5.75 Å². The van der Waals surface area contributed by atoms with Gasteiger partial charge in [-0.15, -0.1) is 0 Å². The lowest BCUT2D eigenvalue weighted by Gasteiger charge is -2.19. The van der Waals surface area contributed by atoms with Gasteiger partial charge in [-0.25, -0.2) is 8.42 Å². The summed E-state index contributed by atoms with van der Waals surface area (Å²) in [5.74, 6) is 0.0608. The minimum atomic E-state index is -3.56. The van der Waals surface area contributed by atoms with Gasteiger partial charge in [-0.05, 0) is 36.4 Å². The highest BCUT2D eigenvalue weighted by Crippen LogP contribution is 2.17. The number of hydrogen-bond acceptors (Lipinski definition) is 4. The molecule has 0 aliphatic carbocycles. The van der Waals surface area contributed by atoms with Crippen LogP contribution in [0.2, 0.25) is 0 Å². The van der Waals surface area contributed by atoms with Crippen molar-refractivity contribution in [3.63, 3.8) is 0 Å². The van der Waals surface area contributed by atoms with Crippen LogP contribution in [0.1, 0.15) is 6.42 Å². The van der Waals surface area contributed by atoms with Crippen molar-refractivity contribution in [3.05, 3.63) is 54.6 Å². The Morgan fingerprint density at radius 1 is 1.08 bits per heavy atom. The first kappa shape index (κ1) is 17.8. The van der Waals surface area contributed by atoms with Crippen LogP contribution in [-0.4, -0.2) is 34.2 Å². The third-order valence-electron chi connectivity index (χ3n) is 3.50. The molecule has 0 spiro atoms. The van der Waals surface area contributed by atoms with Crippen LogP contribution >= 0.6 is 0 Å². The maximum absolute atomic E-state index is 12.3. The molecule has 7 heteroatoms. The predicted octanol–water partition coefficient (Wildman–Crippen LogP) is 2.49. The minimum Gasteiger partial charge on any atom is -0.497 e. The van der Waals surface area contributed by atoms with E-state index in [1.54, 1.807) is 55.6 Å². The lowest BCUT2D eigenvalue weighted by Crippen LogP contribution is -2.30. The molecule has 0 fully saturated rings. The van der Waals surface area contributed by atoms with Crippen LogP contribution in [0.15, 0.2) is 54.6 Å². The molecule has 1 amide bonds. The number of nitrogens with zero attached hydrogens (tertiary/aromatic N) is 1. The zero-order valence-corrected chi connectivity index (χ0v) is 14.4. The molecule has 0 aliphatic rings. The number of carbonyl (C=O) groups is 1. The SMILES string of the molecule is COc1ccc(NC(=O)CCS(=O)(=O)N(C)c2ccccc2)cc1. The van der Waals surface area contributed by atoms with Gasteiger partial charge in [0.25, 0.3) is 0 Å². The number of nitrogens with one attached hydrogen (secondary N) is 1. The monoisotopic (exact) mass is 348 g/mol. The number of benzene rings is 2. The Labute approximate surface area is 142 Å². The zero-order chi connectivity index (χ0) is 17.6. The molecule has 24 heavy (non-hydrogen) atoms. The summed E-state index contributed by atoms with van der Waals surface area (Å²) in [6.07, 6.45) is -0.120. The van der Waals surface area contributed by atoms with Crippen LogP contribution in [0, 0.1) is 0 Å². The van der Waals surface area contributed by atoms with Gasteiger partial charge in [-0.3, -0.25) is 9.10 Å². The molecule has 2 aromatic carbocycles. The molecular formula is C17H20N2O4S. The summed E-state index contributed by atoms with van der Waals surface area (Å²) in [6.45, 7) is 0. The molecule has 0 bridgehead atoms. The fourth-order valence-electron chi connectivity index (χ4n) is 2.05. The van der Waals surface area contributed by atoms with Crippen molar-refractivity contribution >= 4 is 27.3 Å². The van der Waals surface area contributed by atoms with E-state index in [1.807, 2.05) is 6.07 Å². The molecule has 0 aliphatic heterocycles. The molecule has 0 heterocycles. The van der Waals surface area contributed by atoms with Crippen LogP contribution in [0.4, 0.5) is 11.4 Å².